The molecule has 5 rings (SSSR count). The summed E-state index contributed by atoms with van der Waals surface area (Å²) < 4.78 is 18.8. The SMILES string of the molecule is CN(C(=O)Oc1ccc(F)cc1)C1CN(C(=O)C2CCN(c3ccc(C#N)cn3)CC2)CC1c1ccc(Cl)cc1. The third-order valence-corrected chi connectivity index (χ3v) is 8.00. The zero-order chi connectivity index (χ0) is 28.2. The Hall–Kier alpha value is -4.16. The van der Waals surface area contributed by atoms with Gasteiger partial charge in [-0.15, -0.1) is 0 Å². The number of halogens is 2. The molecule has 0 saturated carbocycles. The van der Waals surface area contributed by atoms with Crippen LogP contribution < -0.4 is 9.64 Å². The number of amides is 2. The molecule has 2 atom stereocenters. The summed E-state index contributed by atoms with van der Waals surface area (Å²) in [5, 5.41) is 9.62. The minimum Gasteiger partial charge on any atom is -0.410 e. The maximum atomic E-state index is 13.7. The number of nitriles is 1. The molecule has 2 fully saturated rings. The van der Waals surface area contributed by atoms with E-state index in [0.717, 1.165) is 11.4 Å². The van der Waals surface area contributed by atoms with Crippen LogP contribution in [-0.2, 0) is 4.79 Å². The lowest BCUT2D eigenvalue weighted by Crippen LogP contribution is -2.45. The van der Waals surface area contributed by atoms with E-state index < -0.39 is 11.9 Å². The number of ether oxygens (including phenoxy) is 1. The molecule has 40 heavy (non-hydrogen) atoms. The van der Waals surface area contributed by atoms with Gasteiger partial charge in [-0.1, -0.05) is 23.7 Å². The second-order valence-electron chi connectivity index (χ2n) is 10.2. The van der Waals surface area contributed by atoms with Gasteiger partial charge < -0.3 is 19.4 Å². The van der Waals surface area contributed by atoms with E-state index in [1.807, 2.05) is 35.2 Å². The number of hydrogen-bond donors (Lipinski definition) is 0. The van der Waals surface area contributed by atoms with Crippen LogP contribution in [0.15, 0.2) is 66.9 Å². The molecule has 0 bridgehead atoms. The molecule has 2 amide bonds. The molecular weight excluding hydrogens is 533 g/mol. The quantitative estimate of drug-likeness (QED) is 0.431. The van der Waals surface area contributed by atoms with Gasteiger partial charge in [-0.2, -0.15) is 5.26 Å². The lowest BCUT2D eigenvalue weighted by atomic mass is 9.93. The number of pyridine rings is 1. The molecule has 10 heteroatoms. The summed E-state index contributed by atoms with van der Waals surface area (Å²) in [4.78, 5) is 36.6. The molecule has 3 aromatic rings. The van der Waals surface area contributed by atoms with E-state index in [9.17, 15) is 14.0 Å². The highest BCUT2D eigenvalue weighted by molar-refractivity contribution is 6.30. The van der Waals surface area contributed by atoms with Crippen LogP contribution in [0.2, 0.25) is 5.02 Å². The fourth-order valence-corrected chi connectivity index (χ4v) is 5.59. The van der Waals surface area contributed by atoms with Gasteiger partial charge in [0.25, 0.3) is 0 Å². The molecule has 2 aromatic carbocycles. The van der Waals surface area contributed by atoms with E-state index in [1.165, 1.54) is 29.2 Å². The Morgan fingerprint density at radius 1 is 1.05 bits per heavy atom. The van der Waals surface area contributed by atoms with Gasteiger partial charge in [-0.05, 0) is 66.9 Å². The van der Waals surface area contributed by atoms with Crippen LogP contribution in [0.4, 0.5) is 15.0 Å². The molecule has 0 radical (unpaired) electrons. The van der Waals surface area contributed by atoms with Gasteiger partial charge in [0.05, 0.1) is 11.6 Å². The summed E-state index contributed by atoms with van der Waals surface area (Å²) in [5.74, 6) is 0.450. The van der Waals surface area contributed by atoms with Crippen molar-refractivity contribution < 1.29 is 18.7 Å². The lowest BCUT2D eigenvalue weighted by molar-refractivity contribution is -0.135. The number of piperidine rings is 1. The Labute approximate surface area is 237 Å². The molecule has 2 saturated heterocycles. The van der Waals surface area contributed by atoms with Crippen LogP contribution in [0.1, 0.15) is 29.9 Å². The normalized spacial score (nSPS) is 19.2. The summed E-state index contributed by atoms with van der Waals surface area (Å²) in [6.45, 7) is 2.23. The number of anilines is 1. The van der Waals surface area contributed by atoms with Gasteiger partial charge in [-0.25, -0.2) is 14.2 Å². The molecule has 2 unspecified atom stereocenters. The van der Waals surface area contributed by atoms with Crippen molar-refractivity contribution in [1.29, 1.82) is 5.26 Å². The first kappa shape index (κ1) is 27.4. The van der Waals surface area contributed by atoms with Crippen molar-refractivity contribution in [3.8, 4) is 11.8 Å². The summed E-state index contributed by atoms with van der Waals surface area (Å²) >= 11 is 6.12. The highest BCUT2D eigenvalue weighted by Crippen LogP contribution is 2.34. The molecule has 2 aliphatic rings. The average Bonchev–Trinajstić information content (AvgIpc) is 3.43. The number of likely N-dealkylation sites (tertiary alicyclic amines) is 1. The van der Waals surface area contributed by atoms with Gasteiger partial charge in [0, 0.05) is 56.3 Å². The number of nitrogens with zero attached hydrogens (tertiary/aromatic N) is 5. The molecule has 1 aromatic heterocycles. The topological polar surface area (TPSA) is 89.8 Å². The summed E-state index contributed by atoms with van der Waals surface area (Å²) in [7, 11) is 1.66. The molecule has 206 valence electrons. The van der Waals surface area contributed by atoms with Crippen molar-refractivity contribution in [1.82, 2.24) is 14.8 Å². The third kappa shape index (κ3) is 6.02. The lowest BCUT2D eigenvalue weighted by Gasteiger charge is -2.34. The first-order valence-electron chi connectivity index (χ1n) is 13.2. The van der Waals surface area contributed by atoms with Crippen molar-refractivity contribution >= 4 is 29.4 Å². The predicted octanol–water partition coefficient (Wildman–Crippen LogP) is 5.09. The van der Waals surface area contributed by atoms with Crippen molar-refractivity contribution in [3.63, 3.8) is 0 Å². The van der Waals surface area contributed by atoms with Gasteiger partial charge in [0.15, 0.2) is 0 Å². The standard InChI is InChI=1S/C30H29ClFN5O3/c1-35(30(39)40-25-9-7-24(32)8-10-25)27-19-37(18-26(27)21-3-5-23(31)6-4-21)29(38)22-12-14-36(15-13-22)28-11-2-20(16-33)17-34-28/h2-11,17,22,26-27H,12-15,18-19H2,1H3. The molecular formula is C30H29ClFN5O3. The molecule has 0 spiro atoms. The zero-order valence-electron chi connectivity index (χ0n) is 22.0. The molecule has 0 aliphatic carbocycles. The number of carbonyl (C=O) groups is 2. The summed E-state index contributed by atoms with van der Waals surface area (Å²) in [5.41, 5.74) is 1.49. The van der Waals surface area contributed by atoms with Crippen molar-refractivity contribution in [2.24, 2.45) is 5.92 Å². The minimum atomic E-state index is -0.576. The van der Waals surface area contributed by atoms with Gasteiger partial charge in [-0.3, -0.25) is 4.79 Å². The van der Waals surface area contributed by atoms with Crippen LogP contribution in [0.3, 0.4) is 0 Å². The van der Waals surface area contributed by atoms with Crippen LogP contribution in [0, 0.1) is 23.1 Å². The molecule has 3 heterocycles. The fraction of sp³-hybridized carbons (Fsp3) is 0.333. The second kappa shape index (κ2) is 11.9. The second-order valence-corrected chi connectivity index (χ2v) is 10.6. The first-order chi connectivity index (χ1) is 19.3. The van der Waals surface area contributed by atoms with Crippen molar-refractivity contribution in [2.45, 2.75) is 24.8 Å². The smallest absolute Gasteiger partial charge is 0.410 e. The van der Waals surface area contributed by atoms with E-state index in [1.54, 1.807) is 19.3 Å². The molecule has 0 N–H and O–H groups in total. The largest absolute Gasteiger partial charge is 0.415 e. The molecule has 8 nitrogen and oxygen atoms in total. The third-order valence-electron chi connectivity index (χ3n) is 7.75. The Morgan fingerprint density at radius 3 is 2.38 bits per heavy atom. The van der Waals surface area contributed by atoms with Crippen molar-refractivity contribution in [3.05, 3.63) is 88.8 Å². The highest BCUT2D eigenvalue weighted by atomic mass is 35.5. The minimum absolute atomic E-state index is 0.0780. The van der Waals surface area contributed by atoms with Crippen LogP contribution >= 0.6 is 11.6 Å². The zero-order valence-corrected chi connectivity index (χ0v) is 22.8. The number of carbonyl (C=O) groups excluding carboxylic acids is 2. The molecule has 2 aliphatic heterocycles. The Balaban J connectivity index is 1.27. The van der Waals surface area contributed by atoms with Gasteiger partial charge >= 0.3 is 6.09 Å². The maximum Gasteiger partial charge on any atom is 0.415 e. The summed E-state index contributed by atoms with van der Waals surface area (Å²) in [6, 6.07) is 18.1. The Morgan fingerprint density at radius 2 is 1.75 bits per heavy atom. The number of benzene rings is 2. The number of likely N-dealkylation sites (N-methyl/N-ethyl adjacent to an activating group) is 1. The van der Waals surface area contributed by atoms with E-state index >= 15 is 0 Å². The van der Waals surface area contributed by atoms with Gasteiger partial charge in [0.1, 0.15) is 23.5 Å². The van der Waals surface area contributed by atoms with Crippen molar-refractivity contribution in [2.75, 3.05) is 38.1 Å². The number of rotatable bonds is 5. The Kier molecular flexibility index (Phi) is 8.17. The van der Waals surface area contributed by atoms with E-state index in [4.69, 9.17) is 21.6 Å². The van der Waals surface area contributed by atoms with E-state index in [2.05, 4.69) is 16.0 Å². The number of hydrogen-bond acceptors (Lipinski definition) is 6. The van der Waals surface area contributed by atoms with Crippen LogP contribution in [0.25, 0.3) is 0 Å². The maximum absolute atomic E-state index is 13.7. The van der Waals surface area contributed by atoms with Gasteiger partial charge in [0.2, 0.25) is 5.91 Å². The highest BCUT2D eigenvalue weighted by Gasteiger charge is 2.42. The van der Waals surface area contributed by atoms with E-state index in [0.29, 0.717) is 49.6 Å². The van der Waals surface area contributed by atoms with Crippen LogP contribution in [0.5, 0.6) is 5.75 Å². The number of aromatic nitrogens is 1. The Bertz CT molecular complexity index is 1390. The summed E-state index contributed by atoms with van der Waals surface area (Å²) in [6.07, 6.45) is 2.37. The first-order valence-corrected chi connectivity index (χ1v) is 13.6. The van der Waals surface area contributed by atoms with E-state index in [-0.39, 0.29) is 29.5 Å². The predicted molar refractivity (Wildman–Crippen MR) is 149 cm³/mol. The van der Waals surface area contributed by atoms with Crippen LogP contribution in [-0.4, -0.2) is 66.1 Å². The average molecular weight is 562 g/mol. The monoisotopic (exact) mass is 561 g/mol. The fourth-order valence-electron chi connectivity index (χ4n) is 5.46.